The van der Waals surface area contributed by atoms with Crippen LogP contribution in [0.1, 0.15) is 96.8 Å². The molecule has 0 aromatic rings. The number of hydrogen-bond donors (Lipinski definition) is 0. The van der Waals surface area contributed by atoms with Crippen molar-refractivity contribution in [2.45, 2.75) is 96.8 Å². The lowest BCUT2D eigenvalue weighted by molar-refractivity contribution is 0.540. The van der Waals surface area contributed by atoms with Crippen molar-refractivity contribution >= 4 is 6.29 Å². The van der Waals surface area contributed by atoms with Gasteiger partial charge in [0.2, 0.25) is 6.29 Å². The summed E-state index contributed by atoms with van der Waals surface area (Å²) in [5.41, 5.74) is 0. The normalized spacial score (nSPS) is 12.0. The first kappa shape index (κ1) is 21.9. The van der Waals surface area contributed by atoms with Crippen LogP contribution < -0.4 is 0 Å². The van der Waals surface area contributed by atoms with E-state index < -0.39 is 0 Å². The van der Waals surface area contributed by atoms with Gasteiger partial charge in [-0.3, -0.25) is 4.79 Å². The van der Waals surface area contributed by atoms with Gasteiger partial charge in [0, 0.05) is 0 Å². The summed E-state index contributed by atoms with van der Waals surface area (Å²) in [6, 6.07) is 0. The summed E-state index contributed by atoms with van der Waals surface area (Å²) >= 11 is 0. The average molecular weight is 318 g/mol. The maximum atomic E-state index is 9.92. The van der Waals surface area contributed by atoms with Crippen molar-refractivity contribution in [3.8, 4) is 0 Å². The van der Waals surface area contributed by atoms with E-state index in [0.717, 1.165) is 6.42 Å². The van der Waals surface area contributed by atoms with Crippen LogP contribution in [0.3, 0.4) is 0 Å². The standard InChI is InChI=1S/C22H37O/c1-2-3-4-5-6-7-8-9-10-11-12-13-14-15-16-17-18-19-20-21-22-23/h16-21H,2-15H2,1H3/b17-16+,19-18+,21-20+. The fraction of sp³-hybridized carbons (Fsp3) is 0.682. The van der Waals surface area contributed by atoms with Gasteiger partial charge in [0.05, 0.1) is 0 Å². The zero-order valence-electron chi connectivity index (χ0n) is 15.3. The highest BCUT2D eigenvalue weighted by Gasteiger charge is 1.93. The lowest BCUT2D eigenvalue weighted by Gasteiger charge is -2.02. The van der Waals surface area contributed by atoms with Crippen LogP contribution in [0, 0.1) is 0 Å². The second-order valence-electron chi connectivity index (χ2n) is 6.32. The van der Waals surface area contributed by atoms with E-state index in [1.807, 2.05) is 12.2 Å². The van der Waals surface area contributed by atoms with Crippen LogP contribution in [0.4, 0.5) is 0 Å². The topological polar surface area (TPSA) is 17.1 Å². The zero-order valence-corrected chi connectivity index (χ0v) is 15.3. The Morgan fingerprint density at radius 3 is 1.61 bits per heavy atom. The quantitative estimate of drug-likeness (QED) is 0.157. The first-order valence-corrected chi connectivity index (χ1v) is 9.77. The van der Waals surface area contributed by atoms with Crippen LogP contribution in [0.2, 0.25) is 0 Å². The largest absolute Gasteiger partial charge is 0.286 e. The third-order valence-electron chi connectivity index (χ3n) is 4.11. The van der Waals surface area contributed by atoms with Gasteiger partial charge in [0.15, 0.2) is 0 Å². The minimum atomic E-state index is 1.16. The van der Waals surface area contributed by atoms with E-state index in [-0.39, 0.29) is 0 Å². The molecule has 0 heterocycles. The van der Waals surface area contributed by atoms with Gasteiger partial charge in [-0.25, -0.2) is 0 Å². The van der Waals surface area contributed by atoms with Crippen LogP contribution in [0.15, 0.2) is 36.5 Å². The lowest BCUT2D eigenvalue weighted by atomic mass is 10.0. The molecule has 0 aromatic heterocycles. The van der Waals surface area contributed by atoms with Gasteiger partial charge in [0.25, 0.3) is 0 Å². The first-order valence-electron chi connectivity index (χ1n) is 9.77. The highest BCUT2D eigenvalue weighted by molar-refractivity contribution is 5.66. The van der Waals surface area contributed by atoms with Crippen molar-refractivity contribution in [2.24, 2.45) is 0 Å². The summed E-state index contributed by atoms with van der Waals surface area (Å²) in [5.74, 6) is 0. The van der Waals surface area contributed by atoms with Crippen molar-refractivity contribution in [1.29, 1.82) is 0 Å². The second kappa shape index (κ2) is 20.9. The molecule has 0 spiro atoms. The molecule has 0 rings (SSSR count). The minimum absolute atomic E-state index is 1.16. The number of unbranched alkanes of at least 4 members (excludes halogenated alkanes) is 13. The molecule has 0 aromatic carbocycles. The van der Waals surface area contributed by atoms with Crippen LogP contribution in [0.5, 0.6) is 0 Å². The zero-order chi connectivity index (χ0) is 16.8. The Kier molecular flexibility index (Phi) is 19.9. The smallest absolute Gasteiger partial charge is 0.225 e. The van der Waals surface area contributed by atoms with Gasteiger partial charge >= 0.3 is 0 Å². The molecule has 0 aliphatic carbocycles. The molecule has 0 saturated carbocycles. The molecule has 131 valence electrons. The number of hydrogen-bond acceptors (Lipinski definition) is 1. The predicted octanol–water partition coefficient (Wildman–Crippen LogP) is 7.25. The molecule has 0 aliphatic heterocycles. The van der Waals surface area contributed by atoms with E-state index in [4.69, 9.17) is 0 Å². The summed E-state index contributed by atoms with van der Waals surface area (Å²) < 4.78 is 0. The van der Waals surface area contributed by atoms with E-state index in [1.165, 1.54) is 89.5 Å². The van der Waals surface area contributed by atoms with Crippen molar-refractivity contribution in [3.05, 3.63) is 36.5 Å². The first-order chi connectivity index (χ1) is 11.4. The van der Waals surface area contributed by atoms with E-state index in [2.05, 4.69) is 19.1 Å². The van der Waals surface area contributed by atoms with Gasteiger partial charge in [0.1, 0.15) is 0 Å². The maximum Gasteiger partial charge on any atom is 0.225 e. The van der Waals surface area contributed by atoms with Crippen molar-refractivity contribution in [1.82, 2.24) is 0 Å². The van der Waals surface area contributed by atoms with Crippen molar-refractivity contribution < 1.29 is 4.79 Å². The van der Waals surface area contributed by atoms with Crippen LogP contribution in [-0.2, 0) is 4.79 Å². The van der Waals surface area contributed by atoms with Crippen LogP contribution in [-0.4, -0.2) is 6.29 Å². The van der Waals surface area contributed by atoms with E-state index in [0.29, 0.717) is 0 Å². The van der Waals surface area contributed by atoms with E-state index in [1.54, 1.807) is 12.4 Å². The lowest BCUT2D eigenvalue weighted by Crippen LogP contribution is -1.82. The molecular weight excluding hydrogens is 280 g/mol. The molecule has 0 amide bonds. The number of carbonyl (C=O) groups excluding carboxylic acids is 1. The Morgan fingerprint density at radius 1 is 0.609 bits per heavy atom. The predicted molar refractivity (Wildman–Crippen MR) is 103 cm³/mol. The number of rotatable bonds is 17. The third kappa shape index (κ3) is 20.9. The highest BCUT2D eigenvalue weighted by Crippen LogP contribution is 2.12. The minimum Gasteiger partial charge on any atom is -0.286 e. The fourth-order valence-corrected chi connectivity index (χ4v) is 2.68. The molecule has 0 bridgehead atoms. The molecule has 23 heavy (non-hydrogen) atoms. The Balaban J connectivity index is 3.13. The van der Waals surface area contributed by atoms with Crippen molar-refractivity contribution in [2.75, 3.05) is 0 Å². The molecule has 0 N–H and O–H groups in total. The highest BCUT2D eigenvalue weighted by atomic mass is 16.1. The molecule has 0 unspecified atom stereocenters. The monoisotopic (exact) mass is 317 g/mol. The van der Waals surface area contributed by atoms with Crippen LogP contribution in [0.25, 0.3) is 0 Å². The molecule has 1 nitrogen and oxygen atoms in total. The molecule has 1 heteroatoms. The molecule has 1 radical (unpaired) electrons. The Bertz CT molecular complexity index is 312. The van der Waals surface area contributed by atoms with Gasteiger partial charge in [-0.2, -0.15) is 0 Å². The average Bonchev–Trinajstić information content (AvgIpc) is 2.57. The SMILES string of the molecule is CCCCCCCCCCCCCCC/C=C/C=C/C=C/[C]=O. The van der Waals surface area contributed by atoms with E-state index in [9.17, 15) is 4.79 Å². The Labute approximate surface area is 144 Å². The summed E-state index contributed by atoms with van der Waals surface area (Å²) in [4.78, 5) is 9.92. The molecular formula is C22H37O. The molecule has 0 saturated heterocycles. The van der Waals surface area contributed by atoms with Gasteiger partial charge in [-0.05, 0) is 18.9 Å². The van der Waals surface area contributed by atoms with Gasteiger partial charge < -0.3 is 0 Å². The summed E-state index contributed by atoms with van der Waals surface area (Å²) in [6.07, 6.45) is 32.3. The Hall–Kier alpha value is -1.11. The van der Waals surface area contributed by atoms with Gasteiger partial charge in [-0.1, -0.05) is 114 Å². The van der Waals surface area contributed by atoms with Crippen molar-refractivity contribution in [3.63, 3.8) is 0 Å². The summed E-state index contributed by atoms with van der Waals surface area (Å²) in [6.45, 7) is 2.28. The summed E-state index contributed by atoms with van der Waals surface area (Å²) in [7, 11) is 0. The maximum absolute atomic E-state index is 9.92. The molecule has 0 fully saturated rings. The molecule has 0 atom stereocenters. The number of allylic oxidation sites excluding steroid dienone is 6. The fourth-order valence-electron chi connectivity index (χ4n) is 2.68. The van der Waals surface area contributed by atoms with E-state index >= 15 is 0 Å². The molecule has 0 aliphatic rings. The van der Waals surface area contributed by atoms with Gasteiger partial charge in [-0.15, -0.1) is 0 Å². The second-order valence-corrected chi connectivity index (χ2v) is 6.32. The Morgan fingerprint density at radius 2 is 1.09 bits per heavy atom. The van der Waals surface area contributed by atoms with Crippen LogP contribution >= 0.6 is 0 Å². The third-order valence-corrected chi connectivity index (χ3v) is 4.11. The summed E-state index contributed by atoms with van der Waals surface area (Å²) in [5, 5.41) is 0.